The zero-order chi connectivity index (χ0) is 47.6. The summed E-state index contributed by atoms with van der Waals surface area (Å²) in [7, 11) is 0. The zero-order valence-corrected chi connectivity index (χ0v) is 39.6. The van der Waals surface area contributed by atoms with Crippen LogP contribution >= 0.6 is 0 Å². The smallest absolute Gasteiger partial charge is 0.0748 e. The number of nitrogens with zero attached hydrogens (tertiary/aromatic N) is 2. The number of anilines is 6. The first-order valence-electron chi connectivity index (χ1n) is 25.0. The van der Waals surface area contributed by atoms with Crippen LogP contribution in [0, 0.1) is 0 Å². The third-order valence-electron chi connectivity index (χ3n) is 15.5. The fraction of sp³-hybridized carbons (Fsp3) is 0.0286. The van der Waals surface area contributed by atoms with Crippen LogP contribution in [0.2, 0.25) is 0 Å². The quantitative estimate of drug-likeness (QED) is 0.142. The van der Waals surface area contributed by atoms with Gasteiger partial charge in [0.1, 0.15) is 0 Å². The Bertz CT molecular complexity index is 3830. The zero-order valence-electron chi connectivity index (χ0n) is 39.6. The molecule has 72 heavy (non-hydrogen) atoms. The van der Waals surface area contributed by atoms with E-state index in [1.54, 1.807) is 0 Å². The minimum absolute atomic E-state index is 0.614. The van der Waals surface area contributed by atoms with E-state index in [1.165, 1.54) is 77.2 Å². The Kier molecular flexibility index (Phi) is 9.69. The number of para-hydroxylation sites is 4. The van der Waals surface area contributed by atoms with Crippen molar-refractivity contribution < 1.29 is 0 Å². The molecule has 12 aromatic rings. The first-order valence-corrected chi connectivity index (χ1v) is 25.0. The summed E-state index contributed by atoms with van der Waals surface area (Å²) in [5.41, 5.74) is 17.6. The molecule has 0 saturated heterocycles. The first-order chi connectivity index (χ1) is 35.8. The average Bonchev–Trinajstić information content (AvgIpc) is 3.77. The summed E-state index contributed by atoms with van der Waals surface area (Å²) in [6.07, 6.45) is 0. The number of fused-ring (bicyclic) bond motifs is 7. The van der Waals surface area contributed by atoms with E-state index in [1.807, 2.05) is 0 Å². The molecule has 12 aromatic carbocycles. The Hall–Kier alpha value is -9.24. The van der Waals surface area contributed by atoms with E-state index in [-0.39, 0.29) is 0 Å². The maximum absolute atomic E-state index is 2.52. The van der Waals surface area contributed by atoms with Gasteiger partial charge in [0.25, 0.3) is 0 Å². The monoisotopic (exact) mass is 916 g/mol. The third kappa shape index (κ3) is 5.96. The molecule has 1 unspecified atom stereocenters. The van der Waals surface area contributed by atoms with E-state index in [9.17, 15) is 0 Å². The van der Waals surface area contributed by atoms with E-state index >= 15 is 0 Å². The van der Waals surface area contributed by atoms with E-state index in [2.05, 4.69) is 301 Å². The molecule has 0 N–H and O–H groups in total. The van der Waals surface area contributed by atoms with Crippen molar-refractivity contribution in [3.63, 3.8) is 0 Å². The fourth-order valence-electron chi connectivity index (χ4n) is 12.9. The highest BCUT2D eigenvalue weighted by molar-refractivity contribution is 6.02. The molecule has 2 aliphatic rings. The van der Waals surface area contributed by atoms with Crippen LogP contribution in [0.4, 0.5) is 34.1 Å². The second kappa shape index (κ2) is 16.7. The molecule has 1 atom stereocenters. The van der Waals surface area contributed by atoms with Gasteiger partial charge in [-0.2, -0.15) is 0 Å². The highest BCUT2D eigenvalue weighted by Gasteiger charge is 2.59. The van der Waals surface area contributed by atoms with Crippen LogP contribution in [0.25, 0.3) is 32.7 Å². The Morgan fingerprint density at radius 1 is 0.222 bits per heavy atom. The van der Waals surface area contributed by atoms with Crippen LogP contribution in [0.3, 0.4) is 0 Å². The summed E-state index contributed by atoms with van der Waals surface area (Å²) in [5.74, 6) is 0. The van der Waals surface area contributed by atoms with Crippen molar-refractivity contribution in [3.8, 4) is 11.1 Å². The van der Waals surface area contributed by atoms with Crippen molar-refractivity contribution in [1.82, 2.24) is 0 Å². The van der Waals surface area contributed by atoms with Crippen LogP contribution in [0.5, 0.6) is 0 Å². The minimum atomic E-state index is -0.926. The molecule has 0 saturated carbocycles. The highest BCUT2D eigenvalue weighted by Crippen LogP contribution is 2.67. The standard InChI is InChI=1S/C70H48N2/c1-4-29-51(30-5-1)69-58-39-15-14-37-56(58)57-38-24-44-63(68(57)69)70(60-41-17-16-40-59(60)69,61-42-18-20-45-66(61)71(52-31-6-2-7-32-52)64-47-22-27-49-25-10-12-35-54(49)64)62-43-19-21-46-67(62)72(53-33-8-3-9-34-53)65-48-23-28-50-26-11-13-36-55(50)65/h1-48H. The molecule has 0 spiro atoms. The molecule has 0 aliphatic heterocycles. The third-order valence-corrected chi connectivity index (χ3v) is 15.5. The predicted octanol–water partition coefficient (Wildman–Crippen LogP) is 18.0. The van der Waals surface area contributed by atoms with Crippen LogP contribution < -0.4 is 9.80 Å². The SMILES string of the molecule is c1ccc(N(c2ccccc2C2(c3ccccc3N(c3ccccc3)c3cccc4ccccc34)c3ccccc3C3(c4ccccc4)c4ccccc4-c4cccc2c43)c2cccc3ccccc23)cc1. The molecule has 0 radical (unpaired) electrons. The maximum Gasteiger partial charge on any atom is 0.0748 e. The van der Waals surface area contributed by atoms with Gasteiger partial charge in [-0.15, -0.1) is 0 Å². The van der Waals surface area contributed by atoms with Gasteiger partial charge in [0.15, 0.2) is 0 Å². The van der Waals surface area contributed by atoms with Gasteiger partial charge in [0.2, 0.25) is 0 Å². The van der Waals surface area contributed by atoms with Crippen LogP contribution in [0.15, 0.2) is 291 Å². The van der Waals surface area contributed by atoms with Gasteiger partial charge in [0.05, 0.1) is 33.6 Å². The van der Waals surface area contributed by atoms with E-state index in [0.717, 1.165) is 34.1 Å². The Labute approximate surface area is 421 Å². The minimum Gasteiger partial charge on any atom is -0.310 e. The summed E-state index contributed by atoms with van der Waals surface area (Å²) < 4.78 is 0. The molecule has 0 fully saturated rings. The molecule has 0 amide bonds. The van der Waals surface area contributed by atoms with Gasteiger partial charge in [0, 0.05) is 22.1 Å². The lowest BCUT2D eigenvalue weighted by atomic mass is 9.51. The van der Waals surface area contributed by atoms with Crippen LogP contribution in [-0.4, -0.2) is 0 Å². The molecule has 2 nitrogen and oxygen atoms in total. The molecule has 0 aromatic heterocycles. The largest absolute Gasteiger partial charge is 0.310 e. The molecule has 2 heteroatoms. The average molecular weight is 917 g/mol. The molecule has 2 aliphatic carbocycles. The lowest BCUT2D eigenvalue weighted by molar-refractivity contribution is 0.627. The lowest BCUT2D eigenvalue weighted by Gasteiger charge is -2.51. The number of hydrogen-bond donors (Lipinski definition) is 0. The summed E-state index contributed by atoms with van der Waals surface area (Å²) >= 11 is 0. The molecular weight excluding hydrogens is 869 g/mol. The highest BCUT2D eigenvalue weighted by atomic mass is 15.2. The fourth-order valence-corrected chi connectivity index (χ4v) is 12.9. The summed E-state index contributed by atoms with van der Waals surface area (Å²) in [6, 6.07) is 108. The van der Waals surface area contributed by atoms with Crippen LogP contribution in [-0.2, 0) is 10.8 Å². The predicted molar refractivity (Wildman–Crippen MR) is 300 cm³/mol. The van der Waals surface area contributed by atoms with Crippen LogP contribution in [0.1, 0.15) is 44.5 Å². The molecular formula is C70H48N2. The van der Waals surface area contributed by atoms with Gasteiger partial charge in [-0.3, -0.25) is 0 Å². The lowest BCUT2D eigenvalue weighted by Crippen LogP contribution is -2.45. The van der Waals surface area contributed by atoms with Crippen molar-refractivity contribution >= 4 is 55.7 Å². The normalized spacial score (nSPS) is 14.8. The van der Waals surface area contributed by atoms with Crippen molar-refractivity contribution in [1.29, 1.82) is 0 Å². The van der Waals surface area contributed by atoms with Gasteiger partial charge in [-0.05, 0) is 115 Å². The summed E-state index contributed by atoms with van der Waals surface area (Å²) in [6.45, 7) is 0. The topological polar surface area (TPSA) is 6.48 Å². The van der Waals surface area contributed by atoms with Crippen molar-refractivity contribution in [2.45, 2.75) is 10.8 Å². The van der Waals surface area contributed by atoms with E-state index in [4.69, 9.17) is 0 Å². The number of hydrogen-bond acceptors (Lipinski definition) is 2. The number of benzene rings is 12. The molecule has 0 bridgehead atoms. The second-order valence-corrected chi connectivity index (χ2v) is 19.1. The second-order valence-electron chi connectivity index (χ2n) is 19.1. The van der Waals surface area contributed by atoms with Gasteiger partial charge < -0.3 is 9.80 Å². The number of rotatable bonds is 9. The van der Waals surface area contributed by atoms with Crippen molar-refractivity contribution in [2.24, 2.45) is 0 Å². The first kappa shape index (κ1) is 41.7. The van der Waals surface area contributed by atoms with Gasteiger partial charge in [-0.25, -0.2) is 0 Å². The Morgan fingerprint density at radius 2 is 0.583 bits per heavy atom. The molecule has 0 heterocycles. The summed E-state index contributed by atoms with van der Waals surface area (Å²) in [4.78, 5) is 5.03. The van der Waals surface area contributed by atoms with Gasteiger partial charge >= 0.3 is 0 Å². The van der Waals surface area contributed by atoms with Crippen molar-refractivity contribution in [2.75, 3.05) is 9.80 Å². The molecule has 338 valence electrons. The Balaban J connectivity index is 1.19. The maximum atomic E-state index is 2.52. The van der Waals surface area contributed by atoms with Gasteiger partial charge in [-0.1, -0.05) is 243 Å². The van der Waals surface area contributed by atoms with E-state index in [0.29, 0.717) is 0 Å². The Morgan fingerprint density at radius 3 is 1.14 bits per heavy atom. The molecule has 14 rings (SSSR count). The van der Waals surface area contributed by atoms with E-state index < -0.39 is 10.8 Å². The summed E-state index contributed by atoms with van der Waals surface area (Å²) in [5, 5.41) is 4.75. The van der Waals surface area contributed by atoms with Crippen molar-refractivity contribution in [3.05, 3.63) is 336 Å².